The number of carbonyl (C=O) groups excluding carboxylic acids is 2. The summed E-state index contributed by atoms with van der Waals surface area (Å²) in [6.07, 6.45) is 0.279. The summed E-state index contributed by atoms with van der Waals surface area (Å²) in [6, 6.07) is 7.57. The van der Waals surface area contributed by atoms with Crippen molar-refractivity contribution in [2.45, 2.75) is 6.10 Å². The molecule has 8 nitrogen and oxygen atoms in total. The first-order valence-electron chi connectivity index (χ1n) is 8.47. The number of benzene rings is 1. The number of pyridine rings is 1. The van der Waals surface area contributed by atoms with Crippen molar-refractivity contribution in [1.82, 2.24) is 10.3 Å². The molecule has 2 aliphatic heterocycles. The number of nitrogens with zero attached hydrogens (tertiary/aromatic N) is 3. The summed E-state index contributed by atoms with van der Waals surface area (Å²) in [6.45, 7) is 0.988. The third kappa shape index (κ3) is 3.17. The van der Waals surface area contributed by atoms with Crippen LogP contribution in [0.3, 0.4) is 0 Å². The van der Waals surface area contributed by atoms with Gasteiger partial charge in [0.1, 0.15) is 17.7 Å². The molecule has 2 aliphatic rings. The molecule has 0 radical (unpaired) electrons. The molecule has 2 N–H and O–H groups in total. The Morgan fingerprint density at radius 1 is 1.26 bits per heavy atom. The topological polar surface area (TPSA) is 95.0 Å². The van der Waals surface area contributed by atoms with Crippen LogP contribution >= 0.6 is 0 Å². The molecule has 2 saturated heterocycles. The van der Waals surface area contributed by atoms with Crippen LogP contribution in [0.15, 0.2) is 36.5 Å². The Bertz CT molecular complexity index is 889. The first kappa shape index (κ1) is 17.2. The van der Waals surface area contributed by atoms with Gasteiger partial charge in [-0.05, 0) is 30.3 Å². The van der Waals surface area contributed by atoms with Crippen molar-refractivity contribution in [3.05, 3.63) is 42.3 Å². The van der Waals surface area contributed by atoms with Crippen LogP contribution in [0.25, 0.3) is 11.1 Å². The number of halogens is 1. The number of ether oxygens (including phenoxy) is 1. The maximum atomic E-state index is 14.6. The van der Waals surface area contributed by atoms with E-state index in [4.69, 9.17) is 9.84 Å². The van der Waals surface area contributed by atoms with Crippen molar-refractivity contribution in [1.29, 1.82) is 0 Å². The lowest BCUT2D eigenvalue weighted by Crippen LogP contribution is -2.28. The van der Waals surface area contributed by atoms with Crippen molar-refractivity contribution < 1.29 is 23.8 Å². The maximum Gasteiger partial charge on any atom is 0.414 e. The largest absolute Gasteiger partial charge is 0.441 e. The molecule has 3 amide bonds. The number of nitrogens with one attached hydrogen (secondary N) is 1. The van der Waals surface area contributed by atoms with E-state index < -0.39 is 18.0 Å². The minimum atomic E-state index is -0.615. The second kappa shape index (κ2) is 6.84. The Labute approximate surface area is 154 Å². The van der Waals surface area contributed by atoms with E-state index in [1.54, 1.807) is 24.3 Å². The van der Waals surface area contributed by atoms with E-state index in [2.05, 4.69) is 10.3 Å². The van der Waals surface area contributed by atoms with Crippen LogP contribution in [0, 0.1) is 5.82 Å². The molecule has 2 aromatic rings. The molecule has 4 rings (SSSR count). The molecule has 2 fully saturated rings. The van der Waals surface area contributed by atoms with Gasteiger partial charge in [0.05, 0.1) is 18.8 Å². The van der Waals surface area contributed by atoms with Gasteiger partial charge in [0, 0.05) is 30.4 Å². The van der Waals surface area contributed by atoms with E-state index in [0.717, 1.165) is 0 Å². The van der Waals surface area contributed by atoms with Gasteiger partial charge in [-0.2, -0.15) is 0 Å². The molecule has 9 heteroatoms. The second-order valence-corrected chi connectivity index (χ2v) is 6.25. The minimum absolute atomic E-state index is 0.169. The minimum Gasteiger partial charge on any atom is -0.441 e. The average molecular weight is 372 g/mol. The monoisotopic (exact) mass is 372 g/mol. The van der Waals surface area contributed by atoms with Gasteiger partial charge >= 0.3 is 12.1 Å². The van der Waals surface area contributed by atoms with Crippen molar-refractivity contribution in [3.63, 3.8) is 0 Å². The van der Waals surface area contributed by atoms with Crippen LogP contribution in [0.1, 0.15) is 0 Å². The SMILES string of the molecule is O=C1OC(CO)CN1c1ccc(-c2ccc(N3CCNC3=O)nc2)c(F)c1. The number of aromatic nitrogens is 1. The lowest BCUT2D eigenvalue weighted by Gasteiger charge is -2.15. The highest BCUT2D eigenvalue weighted by molar-refractivity contribution is 5.93. The van der Waals surface area contributed by atoms with Crippen LogP contribution in [0.2, 0.25) is 0 Å². The van der Waals surface area contributed by atoms with Gasteiger partial charge in [-0.3, -0.25) is 9.80 Å². The van der Waals surface area contributed by atoms with Gasteiger partial charge in [0.2, 0.25) is 0 Å². The first-order chi connectivity index (χ1) is 13.1. The molecule has 140 valence electrons. The highest BCUT2D eigenvalue weighted by Gasteiger charge is 2.32. The molecule has 0 bridgehead atoms. The number of amides is 3. The normalized spacial score (nSPS) is 19.4. The van der Waals surface area contributed by atoms with E-state index in [1.165, 1.54) is 22.1 Å². The molecule has 27 heavy (non-hydrogen) atoms. The van der Waals surface area contributed by atoms with Gasteiger partial charge < -0.3 is 15.2 Å². The molecule has 1 unspecified atom stereocenters. The summed E-state index contributed by atoms with van der Waals surface area (Å²) in [5, 5.41) is 11.8. The fraction of sp³-hybridized carbons (Fsp3) is 0.278. The van der Waals surface area contributed by atoms with E-state index in [0.29, 0.717) is 35.7 Å². The van der Waals surface area contributed by atoms with Gasteiger partial charge in [0.15, 0.2) is 0 Å². The summed E-state index contributed by atoms with van der Waals surface area (Å²) in [5.74, 6) is -0.0122. The number of hydrogen-bond acceptors (Lipinski definition) is 5. The highest BCUT2D eigenvalue weighted by atomic mass is 19.1. The number of urea groups is 1. The van der Waals surface area contributed by atoms with Gasteiger partial charge in [-0.25, -0.2) is 19.0 Å². The summed E-state index contributed by atoms with van der Waals surface area (Å²) in [5.41, 5.74) is 1.24. The number of carbonyl (C=O) groups is 2. The van der Waals surface area contributed by atoms with E-state index in [1.807, 2.05) is 0 Å². The third-order valence-corrected chi connectivity index (χ3v) is 4.53. The Morgan fingerprint density at radius 3 is 2.70 bits per heavy atom. The third-order valence-electron chi connectivity index (χ3n) is 4.53. The van der Waals surface area contributed by atoms with Gasteiger partial charge in [0.25, 0.3) is 0 Å². The van der Waals surface area contributed by atoms with Crippen LogP contribution < -0.4 is 15.1 Å². The number of cyclic esters (lactones) is 1. The molecule has 1 aromatic carbocycles. The summed E-state index contributed by atoms with van der Waals surface area (Å²) in [4.78, 5) is 30.5. The van der Waals surface area contributed by atoms with Gasteiger partial charge in [-0.1, -0.05) is 0 Å². The number of aliphatic hydroxyl groups excluding tert-OH is 1. The standard InChI is InChI=1S/C18H17FN4O4/c19-15-7-12(23-9-13(10-24)27-18(23)26)2-3-14(15)11-1-4-16(21-8-11)22-6-5-20-17(22)25/h1-4,7-8,13,24H,5-6,9-10H2,(H,20,25). The van der Waals surface area contributed by atoms with Crippen LogP contribution in [0.4, 0.5) is 25.5 Å². The quantitative estimate of drug-likeness (QED) is 0.852. The van der Waals surface area contributed by atoms with E-state index in [-0.39, 0.29) is 19.2 Å². The molecule has 0 saturated carbocycles. The molecule has 0 spiro atoms. The number of rotatable bonds is 4. The summed E-state index contributed by atoms with van der Waals surface area (Å²) >= 11 is 0. The Kier molecular flexibility index (Phi) is 4.36. The molecule has 3 heterocycles. The smallest absolute Gasteiger partial charge is 0.414 e. The number of anilines is 2. The fourth-order valence-corrected chi connectivity index (χ4v) is 3.13. The Hall–Kier alpha value is -3.20. The van der Waals surface area contributed by atoms with Crippen LogP contribution in [0.5, 0.6) is 0 Å². The molecular formula is C18H17FN4O4. The molecule has 0 aliphatic carbocycles. The average Bonchev–Trinajstić information content (AvgIpc) is 3.27. The maximum absolute atomic E-state index is 14.6. The fourth-order valence-electron chi connectivity index (χ4n) is 3.13. The number of hydrogen-bond donors (Lipinski definition) is 2. The van der Waals surface area contributed by atoms with Crippen molar-refractivity contribution in [3.8, 4) is 11.1 Å². The lowest BCUT2D eigenvalue weighted by molar-refractivity contribution is 0.0963. The second-order valence-electron chi connectivity index (χ2n) is 6.25. The van der Waals surface area contributed by atoms with Gasteiger partial charge in [-0.15, -0.1) is 0 Å². The summed E-state index contributed by atoms with van der Waals surface area (Å²) < 4.78 is 19.6. The highest BCUT2D eigenvalue weighted by Crippen LogP contribution is 2.29. The predicted molar refractivity (Wildman–Crippen MR) is 95.1 cm³/mol. The van der Waals surface area contributed by atoms with Crippen molar-refractivity contribution in [2.75, 3.05) is 36.0 Å². The summed E-state index contributed by atoms with van der Waals surface area (Å²) in [7, 11) is 0. The molecular weight excluding hydrogens is 355 g/mol. The predicted octanol–water partition coefficient (Wildman–Crippen LogP) is 1.73. The Balaban J connectivity index is 1.56. The zero-order valence-electron chi connectivity index (χ0n) is 14.3. The molecule has 1 atom stereocenters. The van der Waals surface area contributed by atoms with Crippen molar-refractivity contribution >= 4 is 23.6 Å². The zero-order chi connectivity index (χ0) is 19.0. The molecule has 1 aromatic heterocycles. The number of aliphatic hydroxyl groups is 1. The Morgan fingerprint density at radius 2 is 2.11 bits per heavy atom. The lowest BCUT2D eigenvalue weighted by atomic mass is 10.1. The first-order valence-corrected chi connectivity index (χ1v) is 8.47. The van der Waals surface area contributed by atoms with E-state index >= 15 is 0 Å². The van der Waals surface area contributed by atoms with E-state index in [9.17, 15) is 14.0 Å². The van der Waals surface area contributed by atoms with Crippen LogP contribution in [-0.4, -0.2) is 54.6 Å². The van der Waals surface area contributed by atoms with Crippen LogP contribution in [-0.2, 0) is 4.74 Å². The zero-order valence-corrected chi connectivity index (χ0v) is 14.3. The van der Waals surface area contributed by atoms with Crippen molar-refractivity contribution in [2.24, 2.45) is 0 Å².